The molecule has 0 atom stereocenters. The van der Waals surface area contributed by atoms with E-state index in [4.69, 9.17) is 15.7 Å². The molecule has 0 fully saturated rings. The first-order valence-electron chi connectivity index (χ1n) is 5.34. The molecule has 2 N–H and O–H groups in total. The van der Waals surface area contributed by atoms with Crippen LogP contribution in [-0.2, 0) is 0 Å². The molecule has 0 amide bonds. The van der Waals surface area contributed by atoms with Crippen molar-refractivity contribution >= 4 is 5.69 Å². The Morgan fingerprint density at radius 1 is 1.39 bits per heavy atom. The first kappa shape index (κ1) is 11.9. The van der Waals surface area contributed by atoms with Gasteiger partial charge in [-0.1, -0.05) is 12.1 Å². The molecule has 0 unspecified atom stereocenters. The zero-order valence-corrected chi connectivity index (χ0v) is 10.1. The molecule has 0 spiro atoms. The van der Waals surface area contributed by atoms with Gasteiger partial charge >= 0.3 is 0 Å². The van der Waals surface area contributed by atoms with E-state index in [0.717, 1.165) is 11.1 Å². The van der Waals surface area contributed by atoms with Gasteiger partial charge in [-0.2, -0.15) is 5.26 Å². The summed E-state index contributed by atoms with van der Waals surface area (Å²) in [6.07, 6.45) is 1.54. The third-order valence-corrected chi connectivity index (χ3v) is 2.69. The molecule has 90 valence electrons. The number of nitrogens with two attached hydrogens (primary N) is 1. The van der Waals surface area contributed by atoms with E-state index in [1.54, 1.807) is 6.20 Å². The molecule has 2 rings (SSSR count). The van der Waals surface area contributed by atoms with Crippen LogP contribution in [0, 0.1) is 18.3 Å². The standard InChI is InChI=1S/C13H12N4O/c1-8-9(4-3-5-10(8)15)12-7-16-11(6-14)13(17-12)18-2/h3-5,7H,15H2,1-2H3. The van der Waals surface area contributed by atoms with Gasteiger partial charge in [-0.05, 0) is 18.6 Å². The van der Waals surface area contributed by atoms with Crippen molar-refractivity contribution < 1.29 is 4.74 Å². The summed E-state index contributed by atoms with van der Waals surface area (Å²) in [6.45, 7) is 1.91. The van der Waals surface area contributed by atoms with Crippen LogP contribution in [0.2, 0.25) is 0 Å². The van der Waals surface area contributed by atoms with Crippen LogP contribution in [0.25, 0.3) is 11.3 Å². The third kappa shape index (κ3) is 1.96. The fraction of sp³-hybridized carbons (Fsp3) is 0.154. The number of hydrogen-bond donors (Lipinski definition) is 1. The predicted octanol–water partition coefficient (Wildman–Crippen LogP) is 1.91. The van der Waals surface area contributed by atoms with Crippen LogP contribution >= 0.6 is 0 Å². The molecule has 5 nitrogen and oxygen atoms in total. The average Bonchev–Trinajstić information content (AvgIpc) is 2.41. The second-order valence-corrected chi connectivity index (χ2v) is 3.74. The first-order chi connectivity index (χ1) is 8.67. The summed E-state index contributed by atoms with van der Waals surface area (Å²) in [4.78, 5) is 8.30. The molecule has 5 heteroatoms. The Balaban J connectivity index is 2.59. The number of nitrogen functional groups attached to an aromatic ring is 1. The van der Waals surface area contributed by atoms with Gasteiger partial charge in [0.1, 0.15) is 6.07 Å². The maximum atomic E-state index is 8.86. The van der Waals surface area contributed by atoms with Crippen LogP contribution in [0.5, 0.6) is 5.88 Å². The van der Waals surface area contributed by atoms with E-state index < -0.39 is 0 Å². The van der Waals surface area contributed by atoms with Crippen molar-refractivity contribution in [2.24, 2.45) is 0 Å². The molecule has 18 heavy (non-hydrogen) atoms. The minimum Gasteiger partial charge on any atom is -0.479 e. The fourth-order valence-electron chi connectivity index (χ4n) is 1.65. The zero-order valence-electron chi connectivity index (χ0n) is 10.1. The number of rotatable bonds is 2. The van der Waals surface area contributed by atoms with E-state index in [2.05, 4.69) is 9.97 Å². The summed E-state index contributed by atoms with van der Waals surface area (Å²) in [6, 6.07) is 7.51. The summed E-state index contributed by atoms with van der Waals surface area (Å²) in [5, 5.41) is 8.86. The number of methoxy groups -OCH3 is 1. The van der Waals surface area contributed by atoms with Crippen molar-refractivity contribution in [2.75, 3.05) is 12.8 Å². The Kier molecular flexibility index (Phi) is 3.11. The molecule has 0 bridgehead atoms. The van der Waals surface area contributed by atoms with Crippen molar-refractivity contribution in [1.82, 2.24) is 9.97 Å². The quantitative estimate of drug-likeness (QED) is 0.810. The van der Waals surface area contributed by atoms with Crippen LogP contribution in [0.4, 0.5) is 5.69 Å². The van der Waals surface area contributed by atoms with E-state index in [1.165, 1.54) is 7.11 Å². The van der Waals surface area contributed by atoms with E-state index in [0.29, 0.717) is 11.4 Å². The molecule has 0 aliphatic carbocycles. The highest BCUT2D eigenvalue weighted by molar-refractivity contribution is 5.70. The fourth-order valence-corrected chi connectivity index (χ4v) is 1.65. The SMILES string of the molecule is COc1nc(-c2cccc(N)c2C)cnc1C#N. The molecule has 1 aromatic heterocycles. The maximum Gasteiger partial charge on any atom is 0.251 e. The lowest BCUT2D eigenvalue weighted by Gasteiger charge is -2.09. The molecular weight excluding hydrogens is 228 g/mol. The number of aromatic nitrogens is 2. The number of benzene rings is 1. The zero-order chi connectivity index (χ0) is 13.1. The highest BCUT2D eigenvalue weighted by atomic mass is 16.5. The van der Waals surface area contributed by atoms with Crippen molar-refractivity contribution in [3.63, 3.8) is 0 Å². The highest BCUT2D eigenvalue weighted by Crippen LogP contribution is 2.26. The smallest absolute Gasteiger partial charge is 0.251 e. The monoisotopic (exact) mass is 240 g/mol. The van der Waals surface area contributed by atoms with E-state index >= 15 is 0 Å². The third-order valence-electron chi connectivity index (χ3n) is 2.69. The summed E-state index contributed by atoms with van der Waals surface area (Å²) in [5.74, 6) is 0.219. The van der Waals surface area contributed by atoms with Crippen LogP contribution in [0.15, 0.2) is 24.4 Å². The lowest BCUT2D eigenvalue weighted by Crippen LogP contribution is -1.99. The van der Waals surface area contributed by atoms with Crippen molar-refractivity contribution in [3.05, 3.63) is 35.7 Å². The van der Waals surface area contributed by atoms with E-state index in [9.17, 15) is 0 Å². The molecule has 0 aliphatic heterocycles. The molecule has 1 heterocycles. The topological polar surface area (TPSA) is 84.8 Å². The molecule has 0 saturated heterocycles. The van der Waals surface area contributed by atoms with Gasteiger partial charge < -0.3 is 10.5 Å². The second kappa shape index (κ2) is 4.72. The lowest BCUT2D eigenvalue weighted by atomic mass is 10.0. The van der Waals surface area contributed by atoms with Crippen molar-refractivity contribution in [3.8, 4) is 23.2 Å². The maximum absolute atomic E-state index is 8.86. The number of nitrogens with zero attached hydrogens (tertiary/aromatic N) is 3. The van der Waals surface area contributed by atoms with Crippen LogP contribution < -0.4 is 10.5 Å². The normalized spacial score (nSPS) is 9.83. The summed E-state index contributed by atoms with van der Waals surface area (Å²) >= 11 is 0. The van der Waals surface area contributed by atoms with Gasteiger partial charge in [0, 0.05) is 11.3 Å². The van der Waals surface area contributed by atoms with Gasteiger partial charge in [0.25, 0.3) is 5.88 Å². The van der Waals surface area contributed by atoms with Crippen LogP contribution in [0.3, 0.4) is 0 Å². The average molecular weight is 240 g/mol. The number of hydrogen-bond acceptors (Lipinski definition) is 5. The molecular formula is C13H12N4O. The summed E-state index contributed by atoms with van der Waals surface area (Å²) < 4.78 is 5.04. The van der Waals surface area contributed by atoms with Gasteiger partial charge in [-0.3, -0.25) is 0 Å². The van der Waals surface area contributed by atoms with Gasteiger partial charge in [-0.15, -0.1) is 0 Å². The molecule has 2 aromatic rings. The van der Waals surface area contributed by atoms with Crippen molar-refractivity contribution in [2.45, 2.75) is 6.92 Å². The number of nitriles is 1. The minimum atomic E-state index is 0.169. The Hall–Kier alpha value is -2.61. The molecule has 0 saturated carbocycles. The summed E-state index contributed by atoms with van der Waals surface area (Å²) in [7, 11) is 1.46. The molecule has 1 aromatic carbocycles. The minimum absolute atomic E-state index is 0.169. The predicted molar refractivity (Wildman–Crippen MR) is 67.9 cm³/mol. The Bertz CT molecular complexity index is 631. The largest absolute Gasteiger partial charge is 0.479 e. The van der Waals surface area contributed by atoms with Gasteiger partial charge in [0.05, 0.1) is 19.0 Å². The Labute approximate surface area is 105 Å². The number of ether oxygens (including phenoxy) is 1. The van der Waals surface area contributed by atoms with Gasteiger partial charge in [0.15, 0.2) is 0 Å². The van der Waals surface area contributed by atoms with Crippen LogP contribution in [0.1, 0.15) is 11.3 Å². The second-order valence-electron chi connectivity index (χ2n) is 3.74. The lowest BCUT2D eigenvalue weighted by molar-refractivity contribution is 0.394. The molecule has 0 radical (unpaired) electrons. The summed E-state index contributed by atoms with van der Waals surface area (Å²) in [5.41, 5.74) is 9.16. The first-order valence-corrected chi connectivity index (χ1v) is 5.34. The van der Waals surface area contributed by atoms with E-state index in [1.807, 2.05) is 31.2 Å². The van der Waals surface area contributed by atoms with E-state index in [-0.39, 0.29) is 11.6 Å². The Morgan fingerprint density at radius 3 is 2.83 bits per heavy atom. The van der Waals surface area contributed by atoms with Crippen LogP contribution in [-0.4, -0.2) is 17.1 Å². The van der Waals surface area contributed by atoms with Gasteiger partial charge in [0.2, 0.25) is 5.69 Å². The number of anilines is 1. The highest BCUT2D eigenvalue weighted by Gasteiger charge is 2.11. The molecule has 0 aliphatic rings. The van der Waals surface area contributed by atoms with Crippen molar-refractivity contribution in [1.29, 1.82) is 5.26 Å². The van der Waals surface area contributed by atoms with Gasteiger partial charge in [-0.25, -0.2) is 9.97 Å². The Morgan fingerprint density at radius 2 is 2.17 bits per heavy atom.